The monoisotopic (exact) mass is 568 g/mol. The predicted molar refractivity (Wildman–Crippen MR) is 172 cm³/mol. The predicted octanol–water partition coefficient (Wildman–Crippen LogP) is 8.80. The molecule has 1 fully saturated rings. The molecule has 5 nitrogen and oxygen atoms in total. The molecular weight excluding hydrogens is 508 g/mol. The molecule has 0 unspecified atom stereocenters. The molecule has 41 heavy (non-hydrogen) atoms. The number of rotatable bonds is 23. The molecule has 1 heterocycles. The number of allylic oxidation sites excluding steroid dienone is 2. The smallest absolute Gasteiger partial charge is 0.311 e. The number of nitrogens with one attached hydrogen (secondary N) is 1. The van der Waals surface area contributed by atoms with Crippen molar-refractivity contribution in [1.29, 1.82) is 0 Å². The van der Waals surface area contributed by atoms with Gasteiger partial charge >= 0.3 is 5.97 Å². The molecule has 0 radical (unpaired) electrons. The van der Waals surface area contributed by atoms with Gasteiger partial charge in [-0.15, -0.1) is 0 Å². The first-order valence-corrected chi connectivity index (χ1v) is 17.0. The number of hydrogen-bond acceptors (Lipinski definition) is 4. The van der Waals surface area contributed by atoms with Gasteiger partial charge in [-0.2, -0.15) is 0 Å². The van der Waals surface area contributed by atoms with Crippen LogP contribution in [-0.2, 0) is 16.0 Å². The third-order valence-corrected chi connectivity index (χ3v) is 8.28. The van der Waals surface area contributed by atoms with Gasteiger partial charge in [0.2, 0.25) is 5.91 Å². The Kier molecular flexibility index (Phi) is 20.0. The number of piperidine rings is 1. The SMILES string of the molecule is CCCCCCCC/C=C\CCCCCCCC(=O)Oc1ccc(CC(=O)NCCC2CCN(CCC)CC2)cc1. The molecule has 0 bridgehead atoms. The Bertz CT molecular complexity index is 828. The lowest BCUT2D eigenvalue weighted by molar-refractivity contribution is -0.134. The summed E-state index contributed by atoms with van der Waals surface area (Å²) in [7, 11) is 0. The van der Waals surface area contributed by atoms with E-state index in [9.17, 15) is 9.59 Å². The quantitative estimate of drug-likeness (QED) is 0.0620. The molecule has 0 aromatic heterocycles. The van der Waals surface area contributed by atoms with Crippen LogP contribution in [0.1, 0.15) is 135 Å². The Morgan fingerprint density at radius 1 is 0.829 bits per heavy atom. The van der Waals surface area contributed by atoms with E-state index in [-0.39, 0.29) is 11.9 Å². The highest BCUT2D eigenvalue weighted by Crippen LogP contribution is 2.20. The highest BCUT2D eigenvalue weighted by Gasteiger charge is 2.18. The van der Waals surface area contributed by atoms with Gasteiger partial charge in [-0.05, 0) is 101 Å². The van der Waals surface area contributed by atoms with Crippen molar-refractivity contribution < 1.29 is 14.3 Å². The minimum Gasteiger partial charge on any atom is -0.427 e. The van der Waals surface area contributed by atoms with Crippen LogP contribution < -0.4 is 10.1 Å². The van der Waals surface area contributed by atoms with Gasteiger partial charge in [-0.3, -0.25) is 9.59 Å². The van der Waals surface area contributed by atoms with Crippen molar-refractivity contribution >= 4 is 11.9 Å². The lowest BCUT2D eigenvalue weighted by atomic mass is 9.93. The summed E-state index contributed by atoms with van der Waals surface area (Å²) in [5.41, 5.74) is 0.937. The van der Waals surface area contributed by atoms with Crippen molar-refractivity contribution in [2.45, 2.75) is 136 Å². The van der Waals surface area contributed by atoms with Gasteiger partial charge < -0.3 is 15.0 Å². The summed E-state index contributed by atoms with van der Waals surface area (Å²) in [4.78, 5) is 27.1. The van der Waals surface area contributed by atoms with Crippen LogP contribution in [0.4, 0.5) is 0 Å². The van der Waals surface area contributed by atoms with E-state index in [1.807, 2.05) is 12.1 Å². The summed E-state index contributed by atoms with van der Waals surface area (Å²) in [6.45, 7) is 8.86. The molecule has 1 aliphatic heterocycles. The van der Waals surface area contributed by atoms with Gasteiger partial charge in [0, 0.05) is 13.0 Å². The summed E-state index contributed by atoms with van der Waals surface area (Å²) in [5.74, 6) is 1.17. The number of esters is 1. The summed E-state index contributed by atoms with van der Waals surface area (Å²) in [5, 5.41) is 3.08. The molecule has 232 valence electrons. The standard InChI is InChI=1S/C36H60N2O3/c1-3-5-6-7-8-9-10-11-12-13-14-15-16-17-18-19-36(40)41-34-22-20-33(21-23-34)31-35(39)37-27-24-32-25-29-38(28-4-2)30-26-32/h11-12,20-23,32H,3-10,13-19,24-31H2,1-2H3,(H,37,39)/b12-11-. The van der Waals surface area contributed by atoms with Crippen LogP contribution in [0.5, 0.6) is 5.75 Å². The van der Waals surface area contributed by atoms with E-state index in [1.54, 1.807) is 12.1 Å². The second-order valence-electron chi connectivity index (χ2n) is 12.1. The maximum absolute atomic E-state index is 12.4. The van der Waals surface area contributed by atoms with Gasteiger partial charge in [0.25, 0.3) is 0 Å². The number of hydrogen-bond donors (Lipinski definition) is 1. The number of likely N-dealkylation sites (tertiary alicyclic amines) is 1. The van der Waals surface area contributed by atoms with Crippen LogP contribution in [-0.4, -0.2) is 43.0 Å². The van der Waals surface area contributed by atoms with Crippen LogP contribution in [0.2, 0.25) is 0 Å². The summed E-state index contributed by atoms with van der Waals surface area (Å²) < 4.78 is 5.50. The molecule has 0 aliphatic carbocycles. The van der Waals surface area contributed by atoms with Crippen molar-refractivity contribution in [2.75, 3.05) is 26.2 Å². The van der Waals surface area contributed by atoms with E-state index < -0.39 is 0 Å². The normalized spacial score (nSPS) is 14.5. The first kappa shape index (κ1) is 35.1. The van der Waals surface area contributed by atoms with E-state index in [2.05, 4.69) is 36.2 Å². The van der Waals surface area contributed by atoms with Crippen molar-refractivity contribution in [3.63, 3.8) is 0 Å². The van der Waals surface area contributed by atoms with Crippen LogP contribution in [0.15, 0.2) is 36.4 Å². The molecule has 1 aliphatic rings. The minimum atomic E-state index is -0.173. The summed E-state index contributed by atoms with van der Waals surface area (Å²) in [6.07, 6.45) is 26.5. The van der Waals surface area contributed by atoms with E-state index in [0.717, 1.165) is 37.3 Å². The average molecular weight is 569 g/mol. The third kappa shape index (κ3) is 18.1. The molecule has 5 heteroatoms. The number of carbonyl (C=O) groups excluding carboxylic acids is 2. The van der Waals surface area contributed by atoms with Gasteiger partial charge in [0.15, 0.2) is 0 Å². The van der Waals surface area contributed by atoms with E-state index in [0.29, 0.717) is 18.6 Å². The number of ether oxygens (including phenoxy) is 1. The second-order valence-corrected chi connectivity index (χ2v) is 12.1. The van der Waals surface area contributed by atoms with Crippen molar-refractivity contribution in [1.82, 2.24) is 10.2 Å². The lowest BCUT2D eigenvalue weighted by Crippen LogP contribution is -2.35. The fraction of sp³-hybridized carbons (Fsp3) is 0.722. The summed E-state index contributed by atoms with van der Waals surface area (Å²) >= 11 is 0. The molecule has 0 spiro atoms. The maximum atomic E-state index is 12.4. The van der Waals surface area contributed by atoms with E-state index in [4.69, 9.17) is 4.74 Å². The number of unbranched alkanes of at least 4 members (excludes halogenated alkanes) is 11. The number of nitrogens with zero attached hydrogens (tertiary/aromatic N) is 1. The Balaban J connectivity index is 1.44. The van der Waals surface area contributed by atoms with Crippen LogP contribution in [0, 0.1) is 5.92 Å². The Labute approximate surface area is 251 Å². The Hall–Kier alpha value is -2.14. The molecule has 1 N–H and O–H groups in total. The Morgan fingerprint density at radius 3 is 2.07 bits per heavy atom. The molecule has 1 aromatic rings. The average Bonchev–Trinajstić information content (AvgIpc) is 2.97. The third-order valence-electron chi connectivity index (χ3n) is 8.28. The number of amides is 1. The van der Waals surface area contributed by atoms with Gasteiger partial charge in [0.05, 0.1) is 6.42 Å². The van der Waals surface area contributed by atoms with Crippen LogP contribution >= 0.6 is 0 Å². The molecule has 2 rings (SSSR count). The largest absolute Gasteiger partial charge is 0.427 e. The zero-order chi connectivity index (χ0) is 29.4. The molecule has 1 aromatic carbocycles. The van der Waals surface area contributed by atoms with E-state index >= 15 is 0 Å². The zero-order valence-corrected chi connectivity index (χ0v) is 26.5. The summed E-state index contributed by atoms with van der Waals surface area (Å²) in [6, 6.07) is 7.36. The number of benzene rings is 1. The zero-order valence-electron chi connectivity index (χ0n) is 26.5. The molecule has 1 saturated heterocycles. The topological polar surface area (TPSA) is 58.6 Å². The van der Waals surface area contributed by atoms with Crippen LogP contribution in [0.25, 0.3) is 0 Å². The molecule has 0 saturated carbocycles. The van der Waals surface area contributed by atoms with Gasteiger partial charge in [-0.1, -0.05) is 89.5 Å². The van der Waals surface area contributed by atoms with Gasteiger partial charge in [-0.25, -0.2) is 0 Å². The fourth-order valence-electron chi connectivity index (χ4n) is 5.68. The fourth-order valence-corrected chi connectivity index (χ4v) is 5.68. The van der Waals surface area contributed by atoms with Crippen molar-refractivity contribution in [2.24, 2.45) is 5.92 Å². The Morgan fingerprint density at radius 2 is 1.44 bits per heavy atom. The molecular formula is C36H60N2O3. The first-order valence-electron chi connectivity index (χ1n) is 17.0. The highest BCUT2D eigenvalue weighted by atomic mass is 16.5. The van der Waals surface area contributed by atoms with E-state index in [1.165, 1.54) is 110 Å². The van der Waals surface area contributed by atoms with Crippen molar-refractivity contribution in [3.8, 4) is 5.75 Å². The highest BCUT2D eigenvalue weighted by molar-refractivity contribution is 5.78. The second kappa shape index (κ2) is 23.4. The molecule has 1 amide bonds. The van der Waals surface area contributed by atoms with Gasteiger partial charge in [0.1, 0.15) is 5.75 Å². The van der Waals surface area contributed by atoms with Crippen molar-refractivity contribution in [3.05, 3.63) is 42.0 Å². The lowest BCUT2D eigenvalue weighted by Gasteiger charge is -2.31. The van der Waals surface area contributed by atoms with Crippen LogP contribution in [0.3, 0.4) is 0 Å². The number of carbonyl (C=O) groups is 2. The minimum absolute atomic E-state index is 0.0577. The molecule has 0 atom stereocenters. The maximum Gasteiger partial charge on any atom is 0.311 e. The first-order chi connectivity index (χ1) is 20.1.